The molecule has 1 saturated heterocycles. The monoisotopic (exact) mass is 251 g/mol. The van der Waals surface area contributed by atoms with Crippen molar-refractivity contribution in [1.82, 2.24) is 9.47 Å². The van der Waals surface area contributed by atoms with Crippen molar-refractivity contribution in [2.45, 2.75) is 24.9 Å². The average Bonchev–Trinajstić information content (AvgIpc) is 2.88. The molecule has 0 aliphatic carbocycles. The molecule has 0 aromatic carbocycles. The van der Waals surface area contributed by atoms with Crippen LogP contribution in [-0.2, 0) is 23.1 Å². The van der Waals surface area contributed by atoms with Crippen LogP contribution >= 0.6 is 0 Å². The molecule has 2 heterocycles. The highest BCUT2D eigenvalue weighted by atomic mass is 16.5. The number of hydrogen-bond donors (Lipinski definition) is 1. The van der Waals surface area contributed by atoms with Crippen LogP contribution in [0.3, 0.4) is 0 Å². The number of carbonyl (C=O) groups excluding carboxylic acids is 1. The van der Waals surface area contributed by atoms with Crippen LogP contribution in [-0.4, -0.2) is 41.2 Å². The summed E-state index contributed by atoms with van der Waals surface area (Å²) in [4.78, 5) is 14.0. The van der Waals surface area contributed by atoms with E-state index < -0.39 is 5.54 Å². The second-order valence-corrected chi connectivity index (χ2v) is 5.04. The molecular weight excluding hydrogens is 230 g/mol. The minimum atomic E-state index is -0.634. The number of amides is 1. The van der Waals surface area contributed by atoms with Gasteiger partial charge in [0.15, 0.2) is 0 Å². The van der Waals surface area contributed by atoms with Crippen LogP contribution in [0.15, 0.2) is 18.5 Å². The third-order valence-corrected chi connectivity index (χ3v) is 3.73. The summed E-state index contributed by atoms with van der Waals surface area (Å²) < 4.78 is 7.22. The molecule has 0 spiro atoms. The summed E-state index contributed by atoms with van der Waals surface area (Å²) in [6, 6.07) is 2.07. The molecule has 2 N–H and O–H groups in total. The van der Waals surface area contributed by atoms with Gasteiger partial charge in [0.2, 0.25) is 5.91 Å². The molecule has 1 aliphatic heterocycles. The van der Waals surface area contributed by atoms with E-state index in [2.05, 4.69) is 17.2 Å². The lowest BCUT2D eigenvalue weighted by atomic mass is 9.96. The predicted octanol–water partition coefficient (Wildman–Crippen LogP) is 0.491. The van der Waals surface area contributed by atoms with Crippen LogP contribution in [0.4, 0.5) is 0 Å². The van der Waals surface area contributed by atoms with Gasteiger partial charge in [-0.15, -0.1) is 0 Å². The van der Waals surface area contributed by atoms with Crippen LogP contribution in [0, 0.1) is 0 Å². The zero-order chi connectivity index (χ0) is 13.2. The van der Waals surface area contributed by atoms with Gasteiger partial charge in [0.25, 0.3) is 0 Å². The number of rotatable bonds is 5. The molecule has 5 heteroatoms. The summed E-state index contributed by atoms with van der Waals surface area (Å²) in [6.07, 6.45) is 5.84. The topological polar surface area (TPSA) is 60.5 Å². The summed E-state index contributed by atoms with van der Waals surface area (Å²) in [6.45, 7) is 2.00. The molecule has 1 aliphatic rings. The number of carbonyl (C=O) groups is 1. The first-order valence-corrected chi connectivity index (χ1v) is 6.23. The van der Waals surface area contributed by atoms with Crippen LogP contribution in [0.1, 0.15) is 18.4 Å². The van der Waals surface area contributed by atoms with Crippen molar-refractivity contribution >= 4 is 5.91 Å². The number of hydrogen-bond acceptors (Lipinski definition) is 3. The van der Waals surface area contributed by atoms with Gasteiger partial charge in [-0.05, 0) is 31.0 Å². The molecule has 0 radical (unpaired) electrons. The maximum atomic E-state index is 11.8. The zero-order valence-electron chi connectivity index (χ0n) is 11.1. The lowest BCUT2D eigenvalue weighted by Crippen LogP contribution is -2.56. The zero-order valence-corrected chi connectivity index (χ0v) is 11.1. The van der Waals surface area contributed by atoms with E-state index >= 15 is 0 Å². The summed E-state index contributed by atoms with van der Waals surface area (Å²) in [5.74, 6) is -0.280. The average molecular weight is 251 g/mol. The molecule has 1 amide bonds. The normalized spacial score (nSPS) is 24.6. The summed E-state index contributed by atoms with van der Waals surface area (Å²) in [5.41, 5.74) is 6.16. The van der Waals surface area contributed by atoms with Gasteiger partial charge in [-0.3, -0.25) is 9.69 Å². The second kappa shape index (κ2) is 5.12. The van der Waals surface area contributed by atoms with Crippen LogP contribution < -0.4 is 5.73 Å². The van der Waals surface area contributed by atoms with Gasteiger partial charge in [0.05, 0.1) is 6.61 Å². The Labute approximate surface area is 108 Å². The molecule has 2 rings (SSSR count). The van der Waals surface area contributed by atoms with E-state index in [1.54, 1.807) is 7.11 Å². The molecule has 1 aromatic rings. The molecular formula is C13H21N3O2. The number of nitrogens with zero attached hydrogens (tertiary/aromatic N) is 2. The van der Waals surface area contributed by atoms with Gasteiger partial charge in [-0.25, -0.2) is 0 Å². The van der Waals surface area contributed by atoms with E-state index in [4.69, 9.17) is 10.5 Å². The Balaban J connectivity index is 2.17. The molecule has 1 atom stereocenters. The minimum absolute atomic E-state index is 0.280. The molecule has 5 nitrogen and oxygen atoms in total. The Hall–Kier alpha value is -1.33. The van der Waals surface area contributed by atoms with E-state index in [9.17, 15) is 4.79 Å². The van der Waals surface area contributed by atoms with E-state index in [-0.39, 0.29) is 5.91 Å². The first kappa shape index (κ1) is 13.1. The molecule has 0 saturated carbocycles. The van der Waals surface area contributed by atoms with Crippen LogP contribution in [0.25, 0.3) is 0 Å². The van der Waals surface area contributed by atoms with Gasteiger partial charge >= 0.3 is 0 Å². The van der Waals surface area contributed by atoms with Crippen molar-refractivity contribution in [2.75, 3.05) is 20.3 Å². The highest BCUT2D eigenvalue weighted by Crippen LogP contribution is 2.31. The maximum absolute atomic E-state index is 11.8. The van der Waals surface area contributed by atoms with Gasteiger partial charge in [-0.1, -0.05) is 0 Å². The first-order valence-electron chi connectivity index (χ1n) is 6.23. The lowest BCUT2D eigenvalue weighted by molar-refractivity contribution is -0.132. The van der Waals surface area contributed by atoms with Crippen molar-refractivity contribution in [2.24, 2.45) is 12.8 Å². The fourth-order valence-corrected chi connectivity index (χ4v) is 2.79. The van der Waals surface area contributed by atoms with E-state index in [0.29, 0.717) is 6.61 Å². The van der Waals surface area contributed by atoms with Crippen molar-refractivity contribution < 1.29 is 9.53 Å². The molecule has 1 aromatic heterocycles. The van der Waals surface area contributed by atoms with Crippen molar-refractivity contribution in [3.63, 3.8) is 0 Å². The minimum Gasteiger partial charge on any atom is -0.382 e. The van der Waals surface area contributed by atoms with Crippen molar-refractivity contribution in [3.8, 4) is 0 Å². The number of nitrogens with two attached hydrogens (primary N) is 1. The van der Waals surface area contributed by atoms with Gasteiger partial charge in [0.1, 0.15) is 5.54 Å². The van der Waals surface area contributed by atoms with E-state index in [0.717, 1.165) is 25.9 Å². The Bertz CT molecular complexity index is 430. The van der Waals surface area contributed by atoms with E-state index in [1.165, 1.54) is 5.56 Å². The largest absolute Gasteiger partial charge is 0.382 e. The molecule has 1 unspecified atom stereocenters. The highest BCUT2D eigenvalue weighted by Gasteiger charge is 2.46. The standard InChI is InChI=1S/C13H21N3O2/c1-15-7-4-11(8-15)9-16-6-3-5-13(16,10-18-2)12(14)17/h4,7-8H,3,5-6,9-10H2,1-2H3,(H2,14,17). The Morgan fingerprint density at radius 3 is 2.94 bits per heavy atom. The Kier molecular flexibility index (Phi) is 3.73. The van der Waals surface area contributed by atoms with Gasteiger partial charge in [0, 0.05) is 33.1 Å². The molecule has 100 valence electrons. The summed E-state index contributed by atoms with van der Waals surface area (Å²) in [5, 5.41) is 0. The van der Waals surface area contributed by atoms with Crippen molar-refractivity contribution in [3.05, 3.63) is 24.0 Å². The SMILES string of the molecule is COCC1(C(N)=O)CCCN1Cc1ccn(C)c1. The first-order chi connectivity index (χ1) is 8.58. The quantitative estimate of drug-likeness (QED) is 0.828. The smallest absolute Gasteiger partial charge is 0.240 e. The van der Waals surface area contributed by atoms with Gasteiger partial charge in [-0.2, -0.15) is 0 Å². The number of primary amides is 1. The molecule has 0 bridgehead atoms. The number of methoxy groups -OCH3 is 1. The fourth-order valence-electron chi connectivity index (χ4n) is 2.79. The van der Waals surface area contributed by atoms with E-state index in [1.807, 2.05) is 17.8 Å². The maximum Gasteiger partial charge on any atom is 0.240 e. The predicted molar refractivity (Wildman–Crippen MR) is 68.9 cm³/mol. The number of aryl methyl sites for hydroxylation is 1. The molecule has 18 heavy (non-hydrogen) atoms. The number of ether oxygens (including phenoxy) is 1. The molecule has 1 fully saturated rings. The lowest BCUT2D eigenvalue weighted by Gasteiger charge is -2.34. The van der Waals surface area contributed by atoms with Crippen molar-refractivity contribution in [1.29, 1.82) is 0 Å². The second-order valence-electron chi connectivity index (χ2n) is 5.04. The number of likely N-dealkylation sites (tertiary alicyclic amines) is 1. The fraction of sp³-hybridized carbons (Fsp3) is 0.615. The van der Waals surface area contributed by atoms with Crippen LogP contribution in [0.5, 0.6) is 0 Å². The highest BCUT2D eigenvalue weighted by molar-refractivity contribution is 5.85. The third kappa shape index (κ3) is 2.28. The Morgan fingerprint density at radius 2 is 2.39 bits per heavy atom. The third-order valence-electron chi connectivity index (χ3n) is 3.73. The Morgan fingerprint density at radius 1 is 1.61 bits per heavy atom. The van der Waals surface area contributed by atoms with Gasteiger partial charge < -0.3 is 15.0 Å². The van der Waals surface area contributed by atoms with Crippen LogP contribution in [0.2, 0.25) is 0 Å². The number of aromatic nitrogens is 1. The summed E-state index contributed by atoms with van der Waals surface area (Å²) >= 11 is 0. The summed E-state index contributed by atoms with van der Waals surface area (Å²) in [7, 11) is 3.60.